The standard InChI is InChI=1S/C15H14ClNO4/c1-20-15(19)12(10-17)8-11-4-2-5-13(9-11)21-14(18)6-3-7-16/h2,4-5,8-9H,3,6-7H2,1H3. The van der Waals surface area contributed by atoms with Crippen molar-refractivity contribution in [1.82, 2.24) is 0 Å². The minimum atomic E-state index is -0.720. The summed E-state index contributed by atoms with van der Waals surface area (Å²) < 4.78 is 9.62. The summed E-state index contributed by atoms with van der Waals surface area (Å²) in [6.45, 7) is 0. The first-order valence-corrected chi connectivity index (χ1v) is 6.71. The molecule has 110 valence electrons. The van der Waals surface area contributed by atoms with Crippen LogP contribution in [0.4, 0.5) is 0 Å². The second-order valence-corrected chi connectivity index (χ2v) is 4.38. The average molecular weight is 308 g/mol. The fourth-order valence-electron chi connectivity index (χ4n) is 1.47. The molecule has 1 rings (SSSR count). The van der Waals surface area contributed by atoms with E-state index in [1.165, 1.54) is 13.2 Å². The summed E-state index contributed by atoms with van der Waals surface area (Å²) in [4.78, 5) is 22.8. The Morgan fingerprint density at radius 2 is 2.19 bits per heavy atom. The van der Waals surface area contributed by atoms with Gasteiger partial charge in [-0.25, -0.2) is 4.79 Å². The molecule has 5 nitrogen and oxygen atoms in total. The Morgan fingerprint density at radius 1 is 1.43 bits per heavy atom. The van der Waals surface area contributed by atoms with E-state index in [4.69, 9.17) is 21.6 Å². The van der Waals surface area contributed by atoms with E-state index in [-0.39, 0.29) is 18.0 Å². The van der Waals surface area contributed by atoms with Gasteiger partial charge >= 0.3 is 11.9 Å². The lowest BCUT2D eigenvalue weighted by Crippen LogP contribution is -2.07. The normalized spacial score (nSPS) is 10.6. The van der Waals surface area contributed by atoms with Crippen molar-refractivity contribution < 1.29 is 19.1 Å². The molecule has 0 aliphatic heterocycles. The van der Waals surface area contributed by atoms with Crippen LogP contribution >= 0.6 is 11.6 Å². The molecule has 0 fully saturated rings. The lowest BCUT2D eigenvalue weighted by Gasteiger charge is -2.04. The summed E-state index contributed by atoms with van der Waals surface area (Å²) in [5, 5.41) is 8.88. The number of carbonyl (C=O) groups excluding carboxylic acids is 2. The zero-order valence-electron chi connectivity index (χ0n) is 11.5. The van der Waals surface area contributed by atoms with Crippen molar-refractivity contribution in [2.75, 3.05) is 13.0 Å². The van der Waals surface area contributed by atoms with E-state index in [9.17, 15) is 9.59 Å². The van der Waals surface area contributed by atoms with Crippen molar-refractivity contribution in [3.05, 3.63) is 35.4 Å². The van der Waals surface area contributed by atoms with Crippen molar-refractivity contribution in [3.63, 3.8) is 0 Å². The molecule has 0 aliphatic carbocycles. The lowest BCUT2D eigenvalue weighted by molar-refractivity contribution is -0.136. The van der Waals surface area contributed by atoms with Crippen LogP contribution in [0.5, 0.6) is 5.75 Å². The molecule has 0 heterocycles. The minimum absolute atomic E-state index is 0.136. The molecule has 1 aromatic carbocycles. The third kappa shape index (κ3) is 5.67. The number of nitrogens with zero attached hydrogens (tertiary/aromatic N) is 1. The van der Waals surface area contributed by atoms with Crippen molar-refractivity contribution in [2.45, 2.75) is 12.8 Å². The molecule has 0 bridgehead atoms. The monoisotopic (exact) mass is 307 g/mol. The number of nitriles is 1. The molecule has 0 saturated carbocycles. The number of hydrogen-bond acceptors (Lipinski definition) is 5. The van der Waals surface area contributed by atoms with Crippen LogP contribution in [0.3, 0.4) is 0 Å². The van der Waals surface area contributed by atoms with Gasteiger partial charge in [-0.3, -0.25) is 4.79 Å². The predicted molar refractivity (Wildman–Crippen MR) is 77.6 cm³/mol. The van der Waals surface area contributed by atoms with Crippen LogP contribution in [-0.4, -0.2) is 24.9 Å². The third-order valence-electron chi connectivity index (χ3n) is 2.44. The highest BCUT2D eigenvalue weighted by atomic mass is 35.5. The highest BCUT2D eigenvalue weighted by molar-refractivity contribution is 6.17. The number of halogens is 1. The maximum Gasteiger partial charge on any atom is 0.348 e. The number of hydrogen-bond donors (Lipinski definition) is 0. The quantitative estimate of drug-likeness (QED) is 0.265. The van der Waals surface area contributed by atoms with E-state index in [2.05, 4.69) is 4.74 Å². The molecule has 0 spiro atoms. The Kier molecular flexibility index (Phi) is 6.99. The van der Waals surface area contributed by atoms with Crippen LogP contribution in [-0.2, 0) is 14.3 Å². The SMILES string of the molecule is COC(=O)C(C#N)=Cc1cccc(OC(=O)CCCCl)c1. The van der Waals surface area contributed by atoms with Gasteiger partial charge in [0.15, 0.2) is 0 Å². The average Bonchev–Trinajstić information content (AvgIpc) is 2.50. The Balaban J connectivity index is 2.86. The molecule has 0 aliphatic rings. The second kappa shape index (κ2) is 8.77. The smallest absolute Gasteiger partial charge is 0.348 e. The van der Waals surface area contributed by atoms with Crippen molar-refractivity contribution in [1.29, 1.82) is 5.26 Å². The molecule has 1 aromatic rings. The van der Waals surface area contributed by atoms with Crippen molar-refractivity contribution >= 4 is 29.6 Å². The highest BCUT2D eigenvalue weighted by Gasteiger charge is 2.09. The summed E-state index contributed by atoms with van der Waals surface area (Å²) in [7, 11) is 1.20. The van der Waals surface area contributed by atoms with Gasteiger partial charge in [-0.1, -0.05) is 12.1 Å². The molecule has 21 heavy (non-hydrogen) atoms. The fourth-order valence-corrected chi connectivity index (χ4v) is 1.61. The summed E-state index contributed by atoms with van der Waals surface area (Å²) in [6, 6.07) is 8.25. The van der Waals surface area contributed by atoms with E-state index in [1.807, 2.05) is 0 Å². The topological polar surface area (TPSA) is 76.4 Å². The zero-order valence-corrected chi connectivity index (χ0v) is 12.2. The maximum absolute atomic E-state index is 11.5. The Labute approximate surface area is 127 Å². The molecule has 0 radical (unpaired) electrons. The van der Waals surface area contributed by atoms with E-state index < -0.39 is 5.97 Å². The number of alkyl halides is 1. The number of rotatable bonds is 6. The zero-order chi connectivity index (χ0) is 15.7. The van der Waals surface area contributed by atoms with Crippen LogP contribution in [0.25, 0.3) is 6.08 Å². The molecule has 0 amide bonds. The van der Waals surface area contributed by atoms with Gasteiger partial charge in [-0.2, -0.15) is 5.26 Å². The summed E-state index contributed by atoms with van der Waals surface area (Å²) in [6.07, 6.45) is 2.14. The Hall–Kier alpha value is -2.32. The summed E-state index contributed by atoms with van der Waals surface area (Å²) >= 11 is 5.50. The van der Waals surface area contributed by atoms with Gasteiger partial charge in [-0.05, 0) is 30.2 Å². The first-order valence-electron chi connectivity index (χ1n) is 6.17. The number of ether oxygens (including phenoxy) is 2. The van der Waals surface area contributed by atoms with Gasteiger partial charge < -0.3 is 9.47 Å². The molecule has 6 heteroatoms. The Bertz CT molecular complexity index is 590. The number of benzene rings is 1. The van der Waals surface area contributed by atoms with Crippen LogP contribution < -0.4 is 4.74 Å². The van der Waals surface area contributed by atoms with Crippen LogP contribution in [0.2, 0.25) is 0 Å². The van der Waals surface area contributed by atoms with Gasteiger partial charge in [0.05, 0.1) is 7.11 Å². The fraction of sp³-hybridized carbons (Fsp3) is 0.267. The van der Waals surface area contributed by atoms with E-state index >= 15 is 0 Å². The molecule has 0 unspecified atom stereocenters. The summed E-state index contributed by atoms with van der Waals surface area (Å²) in [5.41, 5.74) is 0.419. The van der Waals surface area contributed by atoms with E-state index in [1.54, 1.807) is 30.3 Å². The first-order chi connectivity index (χ1) is 10.1. The van der Waals surface area contributed by atoms with Gasteiger partial charge in [0.1, 0.15) is 17.4 Å². The summed E-state index contributed by atoms with van der Waals surface area (Å²) in [5.74, 6) is -0.375. The second-order valence-electron chi connectivity index (χ2n) is 4.00. The van der Waals surface area contributed by atoms with Gasteiger partial charge in [0, 0.05) is 12.3 Å². The predicted octanol–water partition coefficient (Wildman–Crippen LogP) is 2.69. The highest BCUT2D eigenvalue weighted by Crippen LogP contribution is 2.17. The van der Waals surface area contributed by atoms with Crippen LogP contribution in [0.1, 0.15) is 18.4 Å². The first kappa shape index (κ1) is 16.7. The molecular formula is C15H14ClNO4. The number of methoxy groups -OCH3 is 1. The van der Waals surface area contributed by atoms with Gasteiger partial charge in [0.2, 0.25) is 0 Å². The van der Waals surface area contributed by atoms with E-state index in [0.717, 1.165) is 0 Å². The molecule has 0 N–H and O–H groups in total. The van der Waals surface area contributed by atoms with Crippen LogP contribution in [0.15, 0.2) is 29.8 Å². The molecule has 0 atom stereocenters. The molecule has 0 aromatic heterocycles. The van der Waals surface area contributed by atoms with Gasteiger partial charge in [0.25, 0.3) is 0 Å². The van der Waals surface area contributed by atoms with Gasteiger partial charge in [-0.15, -0.1) is 11.6 Å². The minimum Gasteiger partial charge on any atom is -0.465 e. The molecule has 0 saturated heterocycles. The maximum atomic E-state index is 11.5. The number of esters is 2. The lowest BCUT2D eigenvalue weighted by atomic mass is 10.1. The number of carbonyl (C=O) groups is 2. The van der Waals surface area contributed by atoms with Crippen LogP contribution in [0, 0.1) is 11.3 Å². The van der Waals surface area contributed by atoms with E-state index in [0.29, 0.717) is 23.6 Å². The Morgan fingerprint density at radius 3 is 2.81 bits per heavy atom. The third-order valence-corrected chi connectivity index (χ3v) is 2.71. The molecular weight excluding hydrogens is 294 g/mol. The van der Waals surface area contributed by atoms with Crippen molar-refractivity contribution in [3.8, 4) is 11.8 Å². The van der Waals surface area contributed by atoms with Crippen molar-refractivity contribution in [2.24, 2.45) is 0 Å². The largest absolute Gasteiger partial charge is 0.465 e.